The number of rotatable bonds is 2. The fourth-order valence-corrected chi connectivity index (χ4v) is 3.02. The largest absolute Gasteiger partial charge is 0.349 e. The van der Waals surface area contributed by atoms with Crippen LogP contribution in [0.5, 0.6) is 0 Å². The Morgan fingerprint density at radius 1 is 1.32 bits per heavy atom. The van der Waals surface area contributed by atoms with Gasteiger partial charge in [0.25, 0.3) is 5.91 Å². The van der Waals surface area contributed by atoms with E-state index in [-0.39, 0.29) is 5.91 Å². The van der Waals surface area contributed by atoms with E-state index in [2.05, 4.69) is 20.6 Å². The van der Waals surface area contributed by atoms with E-state index in [1.165, 1.54) is 18.3 Å². The fourth-order valence-electron chi connectivity index (χ4n) is 2.86. The summed E-state index contributed by atoms with van der Waals surface area (Å²) in [6, 6.07) is 6.73. The molecule has 0 fully saturated rings. The number of halogens is 2. The molecule has 25 heavy (non-hydrogen) atoms. The summed E-state index contributed by atoms with van der Waals surface area (Å²) in [6.45, 7) is 0. The summed E-state index contributed by atoms with van der Waals surface area (Å²) < 4.78 is 13.2. The van der Waals surface area contributed by atoms with E-state index in [9.17, 15) is 14.0 Å². The summed E-state index contributed by atoms with van der Waals surface area (Å²) in [5.74, 6) is -1.22. The number of aromatic amines is 1. The van der Waals surface area contributed by atoms with Gasteiger partial charge in [-0.3, -0.25) is 9.59 Å². The molecule has 0 aliphatic carbocycles. The predicted octanol–water partition coefficient (Wildman–Crippen LogP) is 2.65. The van der Waals surface area contributed by atoms with Gasteiger partial charge in [0.15, 0.2) is 0 Å². The van der Waals surface area contributed by atoms with Gasteiger partial charge in [-0.25, -0.2) is 9.37 Å². The minimum absolute atomic E-state index is 0.292. The number of nitrogens with zero attached hydrogens (tertiary/aromatic N) is 1. The Morgan fingerprint density at radius 2 is 2.16 bits per heavy atom. The number of carbonyl (C=O) groups excluding carboxylic acids is 2. The average molecular weight is 359 g/mol. The number of pyridine rings is 1. The maximum atomic E-state index is 13.2. The first-order valence-corrected chi connectivity index (χ1v) is 7.92. The summed E-state index contributed by atoms with van der Waals surface area (Å²) in [4.78, 5) is 31.5. The second-order valence-electron chi connectivity index (χ2n) is 5.80. The first kappa shape index (κ1) is 15.6. The third kappa shape index (κ3) is 2.94. The number of hydrogen-bond donors (Lipinski definition) is 3. The minimum Gasteiger partial charge on any atom is -0.349 e. The van der Waals surface area contributed by atoms with E-state index in [1.807, 2.05) is 0 Å². The molecule has 1 unspecified atom stereocenters. The number of nitrogens with one attached hydrogen (secondary N) is 3. The van der Waals surface area contributed by atoms with Gasteiger partial charge in [0.2, 0.25) is 5.91 Å². The van der Waals surface area contributed by atoms with Crippen molar-refractivity contribution in [2.24, 2.45) is 0 Å². The van der Waals surface area contributed by atoms with Gasteiger partial charge in [-0.2, -0.15) is 0 Å². The fraction of sp³-hybridized carbons (Fsp3) is 0.118. The molecule has 0 radical (unpaired) electrons. The van der Waals surface area contributed by atoms with Gasteiger partial charge in [-0.05, 0) is 29.8 Å². The van der Waals surface area contributed by atoms with Crippen LogP contribution in [-0.4, -0.2) is 27.8 Å². The lowest BCUT2D eigenvalue weighted by molar-refractivity contribution is -0.118. The van der Waals surface area contributed by atoms with Crippen LogP contribution >= 0.6 is 11.6 Å². The molecule has 3 heterocycles. The Kier molecular flexibility index (Phi) is 3.65. The smallest absolute Gasteiger partial charge is 0.268 e. The Hall–Kier alpha value is -2.93. The number of H-pyrrole nitrogens is 1. The van der Waals surface area contributed by atoms with Crippen molar-refractivity contribution in [2.45, 2.75) is 12.5 Å². The van der Waals surface area contributed by atoms with Gasteiger partial charge in [-0.1, -0.05) is 17.7 Å². The van der Waals surface area contributed by atoms with Crippen LogP contribution in [0.3, 0.4) is 0 Å². The molecule has 4 rings (SSSR count). The van der Waals surface area contributed by atoms with E-state index >= 15 is 0 Å². The Balaban J connectivity index is 1.55. The highest BCUT2D eigenvalue weighted by molar-refractivity contribution is 6.30. The number of aromatic nitrogens is 2. The van der Waals surface area contributed by atoms with E-state index in [4.69, 9.17) is 11.6 Å². The van der Waals surface area contributed by atoms with Crippen molar-refractivity contribution in [3.63, 3.8) is 0 Å². The quantitative estimate of drug-likeness (QED) is 0.615. The molecule has 126 valence electrons. The molecular formula is C17H12ClFN4O2. The molecular weight excluding hydrogens is 347 g/mol. The molecule has 8 heteroatoms. The highest BCUT2D eigenvalue weighted by Crippen LogP contribution is 2.24. The number of carbonyl (C=O) groups is 2. The summed E-state index contributed by atoms with van der Waals surface area (Å²) in [6.07, 6.45) is 1.83. The van der Waals surface area contributed by atoms with E-state index < -0.39 is 17.8 Å². The number of anilines is 1. The lowest BCUT2D eigenvalue weighted by Gasteiger charge is -2.25. The van der Waals surface area contributed by atoms with Crippen LogP contribution in [0.4, 0.5) is 10.1 Å². The van der Waals surface area contributed by atoms with Crippen LogP contribution in [0, 0.1) is 5.82 Å². The zero-order valence-electron chi connectivity index (χ0n) is 12.8. The summed E-state index contributed by atoms with van der Waals surface area (Å²) in [5, 5.41) is 6.37. The van der Waals surface area contributed by atoms with Crippen LogP contribution in [0.25, 0.3) is 10.9 Å². The molecule has 6 nitrogen and oxygen atoms in total. The SMILES string of the molecule is O=C(NC1Cc2ccc(F)cc2NC1=O)c1cc2cc(Cl)ncc2[nH]1. The topological polar surface area (TPSA) is 86.9 Å². The standard InChI is InChI=1S/C17H12ClFN4O2/c18-15-5-9-4-12(21-14(9)7-20-15)16(24)23-13-3-8-1-2-10(19)6-11(8)22-17(13)25/h1-2,4-7,13,21H,3H2,(H,22,25)(H,23,24). The monoisotopic (exact) mass is 358 g/mol. The van der Waals surface area contributed by atoms with Gasteiger partial charge in [-0.15, -0.1) is 0 Å². The first-order valence-electron chi connectivity index (χ1n) is 7.54. The number of fused-ring (bicyclic) bond motifs is 2. The van der Waals surface area contributed by atoms with Crippen LogP contribution < -0.4 is 10.6 Å². The zero-order chi connectivity index (χ0) is 17.6. The van der Waals surface area contributed by atoms with Crippen LogP contribution in [0.1, 0.15) is 16.1 Å². The lowest BCUT2D eigenvalue weighted by atomic mass is 9.99. The van der Waals surface area contributed by atoms with Crippen molar-refractivity contribution >= 4 is 40.0 Å². The van der Waals surface area contributed by atoms with Crippen molar-refractivity contribution in [3.05, 3.63) is 58.8 Å². The average Bonchev–Trinajstić information content (AvgIpc) is 2.99. The molecule has 1 atom stereocenters. The predicted molar refractivity (Wildman–Crippen MR) is 91.1 cm³/mol. The zero-order valence-corrected chi connectivity index (χ0v) is 13.5. The molecule has 0 spiro atoms. The summed E-state index contributed by atoms with van der Waals surface area (Å²) >= 11 is 5.84. The highest BCUT2D eigenvalue weighted by atomic mass is 35.5. The molecule has 0 saturated heterocycles. The highest BCUT2D eigenvalue weighted by Gasteiger charge is 2.28. The minimum atomic E-state index is -0.737. The number of hydrogen-bond acceptors (Lipinski definition) is 3. The van der Waals surface area contributed by atoms with Crippen molar-refractivity contribution in [3.8, 4) is 0 Å². The van der Waals surface area contributed by atoms with Gasteiger partial charge in [0.1, 0.15) is 22.7 Å². The molecule has 3 N–H and O–H groups in total. The molecule has 1 aliphatic rings. The number of amides is 2. The van der Waals surface area contributed by atoms with Gasteiger partial charge in [0.05, 0.1) is 11.7 Å². The van der Waals surface area contributed by atoms with Crippen molar-refractivity contribution in [2.75, 3.05) is 5.32 Å². The molecule has 0 saturated carbocycles. The van der Waals surface area contributed by atoms with Crippen molar-refractivity contribution in [1.29, 1.82) is 0 Å². The third-order valence-corrected chi connectivity index (χ3v) is 4.30. The van der Waals surface area contributed by atoms with Crippen molar-refractivity contribution in [1.82, 2.24) is 15.3 Å². The number of benzene rings is 1. The second-order valence-corrected chi connectivity index (χ2v) is 6.19. The van der Waals surface area contributed by atoms with Gasteiger partial charge >= 0.3 is 0 Å². The molecule has 2 amide bonds. The third-order valence-electron chi connectivity index (χ3n) is 4.09. The molecule has 3 aromatic rings. The van der Waals surface area contributed by atoms with E-state index in [0.717, 1.165) is 10.9 Å². The van der Waals surface area contributed by atoms with Gasteiger partial charge in [0, 0.05) is 17.5 Å². The van der Waals surface area contributed by atoms with Crippen LogP contribution in [0.2, 0.25) is 5.15 Å². The maximum absolute atomic E-state index is 13.2. The van der Waals surface area contributed by atoms with E-state index in [0.29, 0.717) is 28.5 Å². The lowest BCUT2D eigenvalue weighted by Crippen LogP contribution is -2.47. The molecule has 2 aromatic heterocycles. The van der Waals surface area contributed by atoms with E-state index in [1.54, 1.807) is 18.2 Å². The second kappa shape index (κ2) is 5.86. The Labute approximate surface area is 146 Å². The summed E-state index contributed by atoms with van der Waals surface area (Å²) in [7, 11) is 0. The van der Waals surface area contributed by atoms with Gasteiger partial charge < -0.3 is 15.6 Å². The van der Waals surface area contributed by atoms with Crippen LogP contribution in [-0.2, 0) is 11.2 Å². The molecule has 0 bridgehead atoms. The summed E-state index contributed by atoms with van der Waals surface area (Å²) in [5.41, 5.74) is 2.17. The Morgan fingerprint density at radius 3 is 3.00 bits per heavy atom. The first-order chi connectivity index (χ1) is 12.0. The normalized spacial score (nSPS) is 16.4. The molecule has 1 aromatic carbocycles. The maximum Gasteiger partial charge on any atom is 0.268 e. The molecule has 1 aliphatic heterocycles. The Bertz CT molecular complexity index is 1020. The van der Waals surface area contributed by atoms with Crippen LogP contribution in [0.15, 0.2) is 36.5 Å². The van der Waals surface area contributed by atoms with Crippen molar-refractivity contribution < 1.29 is 14.0 Å².